The SMILES string of the molecule is COc1cc2c(OC)cc1Cc1cc(N=O)c(cc1O)Cc1cc(OC)c(cc1OC)Cc1cc(OC)c(cc1OC)Cc1cc(OC)c(cc1OC)C2. The molecule has 282 valence electrons. The van der Waals surface area contributed by atoms with Gasteiger partial charge in [-0.25, -0.2) is 0 Å². The molecule has 11 heteroatoms. The van der Waals surface area contributed by atoms with E-state index in [0.717, 1.165) is 44.5 Å². The molecule has 0 amide bonds. The highest BCUT2D eigenvalue weighted by molar-refractivity contribution is 5.61. The van der Waals surface area contributed by atoms with E-state index in [2.05, 4.69) is 5.18 Å². The summed E-state index contributed by atoms with van der Waals surface area (Å²) in [5, 5.41) is 14.7. The van der Waals surface area contributed by atoms with E-state index >= 15 is 0 Å². The molecular weight excluding hydrogens is 690 g/mol. The lowest BCUT2D eigenvalue weighted by Crippen LogP contribution is -2.04. The molecule has 0 heterocycles. The van der Waals surface area contributed by atoms with Crippen molar-refractivity contribution >= 4 is 5.69 Å². The zero-order valence-electron chi connectivity index (χ0n) is 31.9. The topological polar surface area (TPSA) is 124 Å². The molecule has 0 spiro atoms. The van der Waals surface area contributed by atoms with Gasteiger partial charge in [0.05, 0.1) is 56.9 Å². The van der Waals surface area contributed by atoms with Crippen molar-refractivity contribution in [3.05, 3.63) is 121 Å². The molecule has 10 bridgehead atoms. The zero-order chi connectivity index (χ0) is 38.5. The number of methoxy groups -OCH3 is 8. The number of phenolic OH excluding ortho intramolecular Hbond substituents is 1. The molecule has 0 radical (unpaired) electrons. The second-order valence-corrected chi connectivity index (χ2v) is 13.0. The van der Waals surface area contributed by atoms with Gasteiger partial charge in [0.15, 0.2) is 0 Å². The van der Waals surface area contributed by atoms with Crippen molar-refractivity contribution in [3.8, 4) is 51.7 Å². The molecule has 5 aromatic rings. The maximum absolute atomic E-state index is 12.3. The van der Waals surface area contributed by atoms with Crippen LogP contribution >= 0.6 is 0 Å². The van der Waals surface area contributed by atoms with Crippen LogP contribution in [0.2, 0.25) is 0 Å². The molecular formula is C43H45NO10. The van der Waals surface area contributed by atoms with Gasteiger partial charge < -0.3 is 43.0 Å². The smallest absolute Gasteiger partial charge is 0.122 e. The Balaban J connectivity index is 1.60. The molecule has 0 saturated heterocycles. The summed E-state index contributed by atoms with van der Waals surface area (Å²) in [6, 6.07) is 18.7. The van der Waals surface area contributed by atoms with Gasteiger partial charge in [-0.3, -0.25) is 0 Å². The standard InChI is InChI=1S/C43H45NO10/c1-47-36-18-28-11-30-20-42(53-7)32(22-40(30)51-5)13-33-23-41(52-6)31(21-43(33)54-8)12-29-19-37(48-2)27(17-39(29)50-4)10-25-14-34(44-46)24(15-35(25)45)9-26(36)16-38(28)49-3/h14-23,45H,9-13H2,1-8H3. The van der Waals surface area contributed by atoms with Crippen LogP contribution in [0.1, 0.15) is 55.6 Å². The van der Waals surface area contributed by atoms with Gasteiger partial charge in [0.1, 0.15) is 57.4 Å². The number of nitroso groups, excluding NO2 is 1. The lowest BCUT2D eigenvalue weighted by atomic mass is 9.94. The maximum atomic E-state index is 12.3. The van der Waals surface area contributed by atoms with Crippen molar-refractivity contribution in [1.29, 1.82) is 0 Å². The monoisotopic (exact) mass is 735 g/mol. The molecule has 54 heavy (non-hydrogen) atoms. The Bertz CT molecular complexity index is 2200. The maximum Gasteiger partial charge on any atom is 0.122 e. The summed E-state index contributed by atoms with van der Waals surface area (Å²) in [7, 11) is 13.0. The molecule has 0 fully saturated rings. The summed E-state index contributed by atoms with van der Waals surface area (Å²) >= 11 is 0. The lowest BCUT2D eigenvalue weighted by Gasteiger charge is -2.20. The number of aromatic hydroxyl groups is 1. The Kier molecular flexibility index (Phi) is 11.4. The Hall–Kier alpha value is -6.10. The Morgan fingerprint density at radius 2 is 0.574 bits per heavy atom. The largest absolute Gasteiger partial charge is 0.508 e. The third-order valence-electron chi connectivity index (χ3n) is 10.0. The number of benzene rings is 5. The van der Waals surface area contributed by atoms with Crippen LogP contribution in [0, 0.1) is 4.91 Å². The third kappa shape index (κ3) is 7.39. The molecule has 0 aliphatic heterocycles. The van der Waals surface area contributed by atoms with Crippen molar-refractivity contribution < 1.29 is 43.0 Å². The van der Waals surface area contributed by atoms with Crippen LogP contribution in [0.25, 0.3) is 0 Å². The number of ether oxygens (including phenoxy) is 8. The molecule has 1 N–H and O–H groups in total. The highest BCUT2D eigenvalue weighted by Crippen LogP contribution is 2.42. The first kappa shape index (κ1) is 37.7. The predicted octanol–water partition coefficient (Wildman–Crippen LogP) is 8.13. The summed E-state index contributed by atoms with van der Waals surface area (Å²) in [6.45, 7) is 0. The van der Waals surface area contributed by atoms with E-state index in [-0.39, 0.29) is 24.3 Å². The number of hydrogen-bond donors (Lipinski definition) is 1. The molecule has 10 aliphatic carbocycles. The molecule has 11 nitrogen and oxygen atoms in total. The Morgan fingerprint density at radius 1 is 0.352 bits per heavy atom. The van der Waals surface area contributed by atoms with E-state index in [1.807, 2.05) is 48.5 Å². The van der Waals surface area contributed by atoms with Crippen molar-refractivity contribution in [2.75, 3.05) is 56.9 Å². The van der Waals surface area contributed by atoms with Crippen LogP contribution in [0.4, 0.5) is 5.69 Å². The summed E-state index contributed by atoms with van der Waals surface area (Å²) in [6.07, 6.45) is 1.85. The van der Waals surface area contributed by atoms with Crippen LogP contribution in [0.5, 0.6) is 51.7 Å². The van der Waals surface area contributed by atoms with E-state index in [4.69, 9.17) is 37.9 Å². The normalized spacial score (nSPS) is 12.2. The highest BCUT2D eigenvalue weighted by Gasteiger charge is 2.22. The van der Waals surface area contributed by atoms with Gasteiger partial charge >= 0.3 is 0 Å². The minimum Gasteiger partial charge on any atom is -0.508 e. The van der Waals surface area contributed by atoms with E-state index < -0.39 is 0 Å². The first-order valence-corrected chi connectivity index (χ1v) is 17.3. The molecule has 10 aliphatic rings. The van der Waals surface area contributed by atoms with E-state index in [1.54, 1.807) is 69.0 Å². The summed E-state index contributed by atoms with van der Waals surface area (Å²) in [5.74, 6) is 5.12. The number of phenols is 1. The molecule has 0 atom stereocenters. The quantitative estimate of drug-likeness (QED) is 0.146. The van der Waals surface area contributed by atoms with Crippen LogP contribution in [-0.4, -0.2) is 62.0 Å². The first-order chi connectivity index (χ1) is 26.2. The fourth-order valence-corrected chi connectivity index (χ4v) is 7.26. The number of rotatable bonds is 9. The fraction of sp³-hybridized carbons (Fsp3) is 0.302. The minimum absolute atomic E-state index is 0.0111. The zero-order valence-corrected chi connectivity index (χ0v) is 31.9. The van der Waals surface area contributed by atoms with Gasteiger partial charge in [0, 0.05) is 82.2 Å². The van der Waals surface area contributed by atoms with Crippen molar-refractivity contribution in [3.63, 3.8) is 0 Å². The average molecular weight is 736 g/mol. The fourth-order valence-electron chi connectivity index (χ4n) is 7.26. The van der Waals surface area contributed by atoms with Gasteiger partial charge in [0.2, 0.25) is 0 Å². The Morgan fingerprint density at radius 3 is 0.796 bits per heavy atom. The van der Waals surface area contributed by atoms with Crippen LogP contribution in [0.15, 0.2) is 65.8 Å². The van der Waals surface area contributed by atoms with Crippen molar-refractivity contribution in [2.45, 2.75) is 32.1 Å². The molecule has 15 rings (SSSR count). The molecule has 0 saturated carbocycles. The number of hydrogen-bond acceptors (Lipinski definition) is 11. The lowest BCUT2D eigenvalue weighted by molar-refractivity contribution is 0.389. The van der Waals surface area contributed by atoms with E-state index in [1.165, 1.54) is 0 Å². The summed E-state index contributed by atoms with van der Waals surface area (Å²) in [4.78, 5) is 12.3. The van der Waals surface area contributed by atoms with Crippen LogP contribution in [0.3, 0.4) is 0 Å². The molecule has 0 unspecified atom stereocenters. The summed E-state index contributed by atoms with van der Waals surface area (Å²) in [5.41, 5.74) is 7.97. The number of nitrogens with zero attached hydrogens (tertiary/aromatic N) is 1. The van der Waals surface area contributed by atoms with Gasteiger partial charge in [-0.1, -0.05) is 0 Å². The van der Waals surface area contributed by atoms with Gasteiger partial charge in [-0.05, 0) is 71.4 Å². The Labute approximate surface area is 315 Å². The van der Waals surface area contributed by atoms with E-state index in [0.29, 0.717) is 76.4 Å². The molecule has 5 aromatic carbocycles. The predicted molar refractivity (Wildman–Crippen MR) is 206 cm³/mol. The van der Waals surface area contributed by atoms with Crippen LogP contribution < -0.4 is 37.9 Å². The van der Waals surface area contributed by atoms with E-state index in [9.17, 15) is 10.0 Å². The van der Waals surface area contributed by atoms with Crippen molar-refractivity contribution in [2.24, 2.45) is 5.18 Å². The second kappa shape index (κ2) is 16.3. The third-order valence-corrected chi connectivity index (χ3v) is 10.0. The first-order valence-electron chi connectivity index (χ1n) is 17.3. The second-order valence-electron chi connectivity index (χ2n) is 13.0. The van der Waals surface area contributed by atoms with Gasteiger partial charge in [-0.15, -0.1) is 4.91 Å². The highest BCUT2D eigenvalue weighted by atomic mass is 16.5. The summed E-state index contributed by atoms with van der Waals surface area (Å²) < 4.78 is 47.2. The van der Waals surface area contributed by atoms with Crippen molar-refractivity contribution in [1.82, 2.24) is 0 Å². The minimum atomic E-state index is 0.0111. The van der Waals surface area contributed by atoms with Gasteiger partial charge in [0.25, 0.3) is 0 Å². The van der Waals surface area contributed by atoms with Gasteiger partial charge in [-0.2, -0.15) is 0 Å². The average Bonchev–Trinajstić information content (AvgIpc) is 3.19. The molecule has 0 aromatic heterocycles. The van der Waals surface area contributed by atoms with Crippen LogP contribution in [-0.2, 0) is 32.1 Å².